The fourth-order valence-corrected chi connectivity index (χ4v) is 3.61. The Kier molecular flexibility index (Phi) is 7.13. The van der Waals surface area contributed by atoms with Gasteiger partial charge in [-0.1, -0.05) is 18.2 Å². The van der Waals surface area contributed by atoms with Crippen LogP contribution < -0.4 is 14.8 Å². The Bertz CT molecular complexity index is 956. The van der Waals surface area contributed by atoms with Crippen LogP contribution in [0.15, 0.2) is 53.4 Å². The number of methoxy groups -OCH3 is 1. The van der Waals surface area contributed by atoms with Crippen LogP contribution in [0.2, 0.25) is 0 Å². The Hall–Kier alpha value is -2.91. The molecule has 0 aromatic heterocycles. The topological polar surface area (TPSA) is 111 Å². The number of rotatable bonds is 8. The first-order valence-corrected chi connectivity index (χ1v) is 9.93. The van der Waals surface area contributed by atoms with E-state index < -0.39 is 28.5 Å². The third-order valence-electron chi connectivity index (χ3n) is 3.49. The number of benzene rings is 2. The van der Waals surface area contributed by atoms with Crippen molar-refractivity contribution in [3.05, 3.63) is 54.1 Å². The van der Waals surface area contributed by atoms with E-state index in [0.717, 1.165) is 0 Å². The SMILES string of the molecule is COc1ccccc1NC(=O)COC(=O)c1cccc(S(=O)(=O)NC(C)C)c1. The summed E-state index contributed by atoms with van der Waals surface area (Å²) in [6.07, 6.45) is 0. The maximum absolute atomic E-state index is 12.2. The van der Waals surface area contributed by atoms with Crippen LogP contribution in [-0.2, 0) is 19.6 Å². The number of carbonyl (C=O) groups excluding carboxylic acids is 2. The number of anilines is 1. The molecule has 0 atom stereocenters. The number of ether oxygens (including phenoxy) is 2. The predicted molar refractivity (Wildman–Crippen MR) is 104 cm³/mol. The van der Waals surface area contributed by atoms with Gasteiger partial charge in [0.1, 0.15) is 5.75 Å². The van der Waals surface area contributed by atoms with Gasteiger partial charge in [-0.3, -0.25) is 4.79 Å². The quantitative estimate of drug-likeness (QED) is 0.650. The van der Waals surface area contributed by atoms with Gasteiger partial charge in [-0.15, -0.1) is 0 Å². The second kappa shape index (κ2) is 9.34. The monoisotopic (exact) mass is 406 g/mol. The maximum atomic E-state index is 12.2. The third kappa shape index (κ3) is 5.80. The Morgan fingerprint density at radius 1 is 1.07 bits per heavy atom. The number of carbonyl (C=O) groups is 2. The van der Waals surface area contributed by atoms with Crippen molar-refractivity contribution in [3.8, 4) is 5.75 Å². The third-order valence-corrected chi connectivity index (χ3v) is 5.14. The molecule has 150 valence electrons. The molecule has 9 heteroatoms. The highest BCUT2D eigenvalue weighted by Crippen LogP contribution is 2.22. The zero-order valence-corrected chi connectivity index (χ0v) is 16.6. The molecular weight excluding hydrogens is 384 g/mol. The van der Waals surface area contributed by atoms with Crippen LogP contribution in [0.4, 0.5) is 5.69 Å². The molecule has 0 fully saturated rings. The van der Waals surface area contributed by atoms with Crippen LogP contribution in [0.1, 0.15) is 24.2 Å². The molecule has 2 aromatic carbocycles. The molecule has 0 heterocycles. The minimum atomic E-state index is -3.75. The lowest BCUT2D eigenvalue weighted by Crippen LogP contribution is -2.30. The zero-order valence-electron chi connectivity index (χ0n) is 15.8. The smallest absolute Gasteiger partial charge is 0.338 e. The predicted octanol–water partition coefficient (Wildman–Crippen LogP) is 2.18. The van der Waals surface area contributed by atoms with E-state index in [2.05, 4.69) is 10.0 Å². The lowest BCUT2D eigenvalue weighted by Gasteiger charge is -2.11. The summed E-state index contributed by atoms with van der Waals surface area (Å²) in [6, 6.07) is 11.9. The second-order valence-corrected chi connectivity index (χ2v) is 7.84. The molecule has 8 nitrogen and oxygen atoms in total. The molecule has 2 N–H and O–H groups in total. The number of hydrogen-bond donors (Lipinski definition) is 2. The Morgan fingerprint density at radius 2 is 1.79 bits per heavy atom. The summed E-state index contributed by atoms with van der Waals surface area (Å²) >= 11 is 0. The Labute approximate surface area is 163 Å². The molecule has 0 aliphatic heterocycles. The molecule has 0 spiro atoms. The summed E-state index contributed by atoms with van der Waals surface area (Å²) in [4.78, 5) is 24.1. The fraction of sp³-hybridized carbons (Fsp3) is 0.263. The van der Waals surface area contributed by atoms with E-state index in [4.69, 9.17) is 9.47 Å². The van der Waals surface area contributed by atoms with Crippen molar-refractivity contribution in [1.29, 1.82) is 0 Å². The maximum Gasteiger partial charge on any atom is 0.338 e. The summed E-state index contributed by atoms with van der Waals surface area (Å²) in [6.45, 7) is 2.85. The van der Waals surface area contributed by atoms with Gasteiger partial charge >= 0.3 is 5.97 Å². The summed E-state index contributed by atoms with van der Waals surface area (Å²) < 4.78 is 37.0. The van der Waals surface area contributed by atoms with Gasteiger partial charge < -0.3 is 14.8 Å². The van der Waals surface area contributed by atoms with E-state index in [0.29, 0.717) is 11.4 Å². The lowest BCUT2D eigenvalue weighted by atomic mass is 10.2. The van der Waals surface area contributed by atoms with Gasteiger partial charge in [0.25, 0.3) is 5.91 Å². The van der Waals surface area contributed by atoms with E-state index >= 15 is 0 Å². The summed E-state index contributed by atoms with van der Waals surface area (Å²) in [5, 5.41) is 2.58. The van der Waals surface area contributed by atoms with Gasteiger partial charge in [-0.05, 0) is 44.2 Å². The van der Waals surface area contributed by atoms with Crippen LogP contribution >= 0.6 is 0 Å². The number of para-hydroxylation sites is 2. The number of sulfonamides is 1. The number of esters is 1. The normalized spacial score (nSPS) is 11.1. The molecule has 0 aliphatic rings. The molecule has 0 aliphatic carbocycles. The van der Waals surface area contributed by atoms with Crippen LogP contribution in [0.25, 0.3) is 0 Å². The van der Waals surface area contributed by atoms with Crippen LogP contribution in [0.3, 0.4) is 0 Å². The summed E-state index contributed by atoms with van der Waals surface area (Å²) in [7, 11) is -2.27. The summed E-state index contributed by atoms with van der Waals surface area (Å²) in [5.41, 5.74) is 0.468. The van der Waals surface area contributed by atoms with Crippen LogP contribution in [-0.4, -0.2) is 40.1 Å². The zero-order chi connectivity index (χ0) is 20.7. The van der Waals surface area contributed by atoms with Gasteiger partial charge in [-0.25, -0.2) is 17.9 Å². The van der Waals surface area contributed by atoms with E-state index in [9.17, 15) is 18.0 Å². The Morgan fingerprint density at radius 3 is 2.46 bits per heavy atom. The Balaban J connectivity index is 2.01. The first-order valence-electron chi connectivity index (χ1n) is 8.45. The molecule has 28 heavy (non-hydrogen) atoms. The number of amides is 1. The molecule has 2 rings (SSSR count). The standard InChI is InChI=1S/C19H22N2O6S/c1-13(2)21-28(24,25)15-8-6-7-14(11-15)19(23)27-12-18(22)20-16-9-4-5-10-17(16)26-3/h4-11,13,21H,12H2,1-3H3,(H,20,22). The number of nitrogens with one attached hydrogen (secondary N) is 2. The van der Waals surface area contributed by atoms with E-state index in [1.54, 1.807) is 38.1 Å². The van der Waals surface area contributed by atoms with Crippen LogP contribution in [0.5, 0.6) is 5.75 Å². The van der Waals surface area contributed by atoms with Gasteiger partial charge in [0, 0.05) is 6.04 Å². The molecule has 0 saturated heterocycles. The largest absolute Gasteiger partial charge is 0.495 e. The van der Waals surface area contributed by atoms with Crippen molar-refractivity contribution in [2.45, 2.75) is 24.8 Å². The van der Waals surface area contributed by atoms with Crippen molar-refractivity contribution in [1.82, 2.24) is 4.72 Å². The summed E-state index contributed by atoms with van der Waals surface area (Å²) in [5.74, 6) is -0.891. The first kappa shape index (κ1) is 21.4. The highest BCUT2D eigenvalue weighted by atomic mass is 32.2. The van der Waals surface area contributed by atoms with E-state index in [1.807, 2.05) is 0 Å². The van der Waals surface area contributed by atoms with Crippen molar-refractivity contribution in [2.24, 2.45) is 0 Å². The molecule has 2 aromatic rings. The van der Waals surface area contributed by atoms with Gasteiger partial charge in [0.05, 0.1) is 23.3 Å². The minimum Gasteiger partial charge on any atom is -0.495 e. The average Bonchev–Trinajstić information content (AvgIpc) is 2.65. The van der Waals surface area contributed by atoms with Gasteiger partial charge in [0.15, 0.2) is 6.61 Å². The first-order chi connectivity index (χ1) is 13.2. The molecular formula is C19H22N2O6S. The van der Waals surface area contributed by atoms with Crippen molar-refractivity contribution >= 4 is 27.6 Å². The molecule has 0 bridgehead atoms. The molecule has 0 radical (unpaired) electrons. The molecule has 1 amide bonds. The van der Waals surface area contributed by atoms with Crippen LogP contribution in [0, 0.1) is 0 Å². The van der Waals surface area contributed by atoms with Gasteiger partial charge in [0.2, 0.25) is 10.0 Å². The van der Waals surface area contributed by atoms with E-state index in [-0.39, 0.29) is 16.5 Å². The number of hydrogen-bond acceptors (Lipinski definition) is 6. The fourth-order valence-electron chi connectivity index (χ4n) is 2.32. The second-order valence-electron chi connectivity index (χ2n) is 6.13. The minimum absolute atomic E-state index is 0.0247. The van der Waals surface area contributed by atoms with Crippen molar-refractivity contribution < 1.29 is 27.5 Å². The molecule has 0 unspecified atom stereocenters. The lowest BCUT2D eigenvalue weighted by molar-refractivity contribution is -0.119. The van der Waals surface area contributed by atoms with E-state index in [1.165, 1.54) is 31.4 Å². The highest BCUT2D eigenvalue weighted by molar-refractivity contribution is 7.89. The van der Waals surface area contributed by atoms with Crippen molar-refractivity contribution in [3.63, 3.8) is 0 Å². The highest BCUT2D eigenvalue weighted by Gasteiger charge is 2.18. The van der Waals surface area contributed by atoms with Crippen molar-refractivity contribution in [2.75, 3.05) is 19.0 Å². The average molecular weight is 406 g/mol. The van der Waals surface area contributed by atoms with Gasteiger partial charge in [-0.2, -0.15) is 0 Å². The molecule has 0 saturated carbocycles.